The van der Waals surface area contributed by atoms with E-state index in [9.17, 15) is 19.2 Å². The van der Waals surface area contributed by atoms with Gasteiger partial charge in [-0.25, -0.2) is 14.4 Å². The number of nitrogens with one attached hydrogen (secondary N) is 3. The molecular weight excluding hydrogens is 258 g/mol. The van der Waals surface area contributed by atoms with Gasteiger partial charge in [-0.15, -0.1) is 0 Å². The van der Waals surface area contributed by atoms with Crippen molar-refractivity contribution in [2.24, 2.45) is 11.5 Å². The molecule has 8 N–H and O–H groups in total. The highest BCUT2D eigenvalue weighted by Crippen LogP contribution is 1.97. The van der Waals surface area contributed by atoms with Crippen LogP contribution < -0.4 is 27.4 Å². The second kappa shape index (κ2) is 8.55. The number of urea groups is 2. The van der Waals surface area contributed by atoms with Crippen LogP contribution in [0, 0.1) is 0 Å². The van der Waals surface area contributed by atoms with E-state index in [4.69, 9.17) is 16.6 Å². The summed E-state index contributed by atoms with van der Waals surface area (Å²) in [4.78, 5) is 43.0. The van der Waals surface area contributed by atoms with E-state index in [2.05, 4.69) is 16.0 Å². The van der Waals surface area contributed by atoms with Gasteiger partial charge in [0.1, 0.15) is 6.04 Å². The van der Waals surface area contributed by atoms with E-state index in [0.29, 0.717) is 0 Å². The summed E-state index contributed by atoms with van der Waals surface area (Å²) in [5.41, 5.74) is 9.68. The molecule has 0 aliphatic rings. The van der Waals surface area contributed by atoms with Crippen LogP contribution in [0.5, 0.6) is 0 Å². The number of hydrogen-bond donors (Lipinski definition) is 6. The number of hydrogen-bond acceptors (Lipinski definition) is 4. The summed E-state index contributed by atoms with van der Waals surface area (Å²) < 4.78 is 0. The monoisotopic (exact) mass is 275 g/mol. The summed E-state index contributed by atoms with van der Waals surface area (Å²) >= 11 is 0. The first kappa shape index (κ1) is 16.5. The molecule has 0 aromatic heterocycles. The average Bonchev–Trinajstić information content (AvgIpc) is 2.29. The highest BCUT2D eigenvalue weighted by atomic mass is 16.4. The van der Waals surface area contributed by atoms with Gasteiger partial charge in [-0.2, -0.15) is 0 Å². The largest absolute Gasteiger partial charge is 0.480 e. The van der Waals surface area contributed by atoms with E-state index in [-0.39, 0.29) is 25.9 Å². The van der Waals surface area contributed by atoms with Gasteiger partial charge in [0.15, 0.2) is 0 Å². The Labute approximate surface area is 108 Å². The zero-order chi connectivity index (χ0) is 14.8. The molecule has 0 saturated heterocycles. The van der Waals surface area contributed by atoms with E-state index in [0.717, 1.165) is 0 Å². The van der Waals surface area contributed by atoms with Crippen molar-refractivity contribution in [2.45, 2.75) is 18.9 Å². The van der Waals surface area contributed by atoms with Crippen molar-refractivity contribution in [3.05, 3.63) is 0 Å². The Bertz CT molecular complexity index is 359. The Morgan fingerprint density at radius 3 is 2.11 bits per heavy atom. The van der Waals surface area contributed by atoms with Gasteiger partial charge < -0.3 is 32.5 Å². The maximum absolute atomic E-state index is 11.3. The van der Waals surface area contributed by atoms with Crippen LogP contribution >= 0.6 is 0 Å². The van der Waals surface area contributed by atoms with Gasteiger partial charge in [0, 0.05) is 19.5 Å². The van der Waals surface area contributed by atoms with Gasteiger partial charge in [-0.3, -0.25) is 4.79 Å². The third kappa shape index (κ3) is 9.21. The molecule has 0 spiro atoms. The Hall–Kier alpha value is -2.52. The topological polar surface area (TPSA) is 177 Å². The van der Waals surface area contributed by atoms with Gasteiger partial charge in [0.2, 0.25) is 5.91 Å². The SMILES string of the molecule is NC(=O)CC[C@H](NC(=O)NCCNC(N)=O)C(=O)O. The zero-order valence-corrected chi connectivity index (χ0v) is 10.1. The molecule has 0 unspecified atom stereocenters. The van der Waals surface area contributed by atoms with Crippen molar-refractivity contribution in [3.8, 4) is 0 Å². The van der Waals surface area contributed by atoms with Gasteiger partial charge in [-0.05, 0) is 6.42 Å². The minimum Gasteiger partial charge on any atom is -0.480 e. The average molecular weight is 275 g/mol. The van der Waals surface area contributed by atoms with Crippen molar-refractivity contribution < 1.29 is 24.3 Å². The number of carboxylic acids is 1. The number of rotatable bonds is 8. The maximum Gasteiger partial charge on any atom is 0.326 e. The molecule has 0 aliphatic heterocycles. The number of carbonyl (C=O) groups is 4. The maximum atomic E-state index is 11.3. The number of carbonyl (C=O) groups excluding carboxylic acids is 3. The minimum atomic E-state index is -1.27. The van der Waals surface area contributed by atoms with Gasteiger partial charge >= 0.3 is 18.0 Å². The molecule has 0 saturated carbocycles. The lowest BCUT2D eigenvalue weighted by Gasteiger charge is -2.14. The van der Waals surface area contributed by atoms with E-state index in [1.165, 1.54) is 0 Å². The number of primary amides is 2. The summed E-state index contributed by atoms with van der Waals surface area (Å²) in [6, 6.07) is -2.67. The summed E-state index contributed by atoms with van der Waals surface area (Å²) in [7, 11) is 0. The smallest absolute Gasteiger partial charge is 0.326 e. The van der Waals surface area contributed by atoms with Gasteiger partial charge in [0.25, 0.3) is 0 Å². The lowest BCUT2D eigenvalue weighted by atomic mass is 10.1. The normalized spacial score (nSPS) is 11.2. The zero-order valence-electron chi connectivity index (χ0n) is 10.1. The fraction of sp³-hybridized carbons (Fsp3) is 0.556. The van der Waals surface area contributed by atoms with E-state index in [1.807, 2.05) is 0 Å². The van der Waals surface area contributed by atoms with Crippen molar-refractivity contribution in [3.63, 3.8) is 0 Å². The quantitative estimate of drug-likeness (QED) is 0.272. The first-order valence-electron chi connectivity index (χ1n) is 5.41. The van der Waals surface area contributed by atoms with E-state index in [1.54, 1.807) is 0 Å². The van der Waals surface area contributed by atoms with Gasteiger partial charge in [0.05, 0.1) is 0 Å². The molecule has 10 heteroatoms. The Balaban J connectivity index is 3.99. The van der Waals surface area contributed by atoms with Crippen LogP contribution in [0.1, 0.15) is 12.8 Å². The minimum absolute atomic E-state index is 0.0803. The number of aliphatic carboxylic acids is 1. The standard InChI is InChI=1S/C9H17N5O5/c10-6(15)2-1-5(7(16)17)14-9(19)13-4-3-12-8(11)18/h5H,1-4H2,(H2,10,15)(H,16,17)(H3,11,12,18)(H2,13,14,19)/t5-/m0/s1. The Kier molecular flexibility index (Phi) is 7.42. The lowest BCUT2D eigenvalue weighted by Crippen LogP contribution is -2.48. The van der Waals surface area contributed by atoms with Crippen LogP contribution in [0.4, 0.5) is 9.59 Å². The molecule has 10 nitrogen and oxygen atoms in total. The number of carboxylic acid groups (broad SMARTS) is 1. The van der Waals surface area contributed by atoms with Crippen molar-refractivity contribution >= 4 is 23.9 Å². The molecular formula is C9H17N5O5. The van der Waals surface area contributed by atoms with Crippen LogP contribution in [0.25, 0.3) is 0 Å². The van der Waals surface area contributed by atoms with Crippen LogP contribution in [0.15, 0.2) is 0 Å². The number of amides is 5. The molecule has 0 fully saturated rings. The molecule has 19 heavy (non-hydrogen) atoms. The molecule has 0 aliphatic carbocycles. The summed E-state index contributed by atoms with van der Waals surface area (Å²) in [6.07, 6.45) is -0.252. The third-order valence-electron chi connectivity index (χ3n) is 1.99. The molecule has 0 aromatic rings. The molecule has 0 rings (SSSR count). The number of nitrogens with two attached hydrogens (primary N) is 2. The van der Waals surface area contributed by atoms with Crippen LogP contribution in [0.3, 0.4) is 0 Å². The molecule has 0 aromatic carbocycles. The predicted molar refractivity (Wildman–Crippen MR) is 64.0 cm³/mol. The van der Waals surface area contributed by atoms with Crippen LogP contribution in [-0.4, -0.2) is 48.2 Å². The lowest BCUT2D eigenvalue weighted by molar-refractivity contribution is -0.139. The Morgan fingerprint density at radius 1 is 1.05 bits per heavy atom. The van der Waals surface area contributed by atoms with Crippen LogP contribution in [0.2, 0.25) is 0 Å². The molecule has 0 radical (unpaired) electrons. The van der Waals surface area contributed by atoms with E-state index < -0.39 is 30.0 Å². The second-order valence-electron chi connectivity index (χ2n) is 3.59. The molecule has 0 bridgehead atoms. The first-order valence-corrected chi connectivity index (χ1v) is 5.41. The molecule has 5 amide bonds. The third-order valence-corrected chi connectivity index (χ3v) is 1.99. The van der Waals surface area contributed by atoms with E-state index >= 15 is 0 Å². The second-order valence-corrected chi connectivity index (χ2v) is 3.59. The Morgan fingerprint density at radius 2 is 1.63 bits per heavy atom. The van der Waals surface area contributed by atoms with Crippen LogP contribution in [-0.2, 0) is 9.59 Å². The summed E-state index contributed by atoms with van der Waals surface area (Å²) in [6.45, 7) is 0.193. The fourth-order valence-corrected chi connectivity index (χ4v) is 1.11. The van der Waals surface area contributed by atoms with Crippen molar-refractivity contribution in [1.29, 1.82) is 0 Å². The summed E-state index contributed by atoms with van der Waals surface area (Å²) in [5.74, 6) is -1.93. The highest BCUT2D eigenvalue weighted by molar-refractivity contribution is 5.83. The first-order chi connectivity index (χ1) is 8.82. The highest BCUT2D eigenvalue weighted by Gasteiger charge is 2.20. The van der Waals surface area contributed by atoms with Crippen molar-refractivity contribution in [1.82, 2.24) is 16.0 Å². The predicted octanol–water partition coefficient (Wildman–Crippen LogP) is -2.33. The van der Waals surface area contributed by atoms with Crippen molar-refractivity contribution in [2.75, 3.05) is 13.1 Å². The van der Waals surface area contributed by atoms with Gasteiger partial charge in [-0.1, -0.05) is 0 Å². The molecule has 1 atom stereocenters. The fourth-order valence-electron chi connectivity index (χ4n) is 1.11. The molecule has 108 valence electrons. The summed E-state index contributed by atoms with van der Waals surface area (Å²) in [5, 5.41) is 15.5. The molecule has 0 heterocycles.